The fraction of sp³-hybridized carbons (Fsp3) is 0.286. The Balaban J connectivity index is 1.44. The van der Waals surface area contributed by atoms with Gasteiger partial charge in [0.15, 0.2) is 5.82 Å². The summed E-state index contributed by atoms with van der Waals surface area (Å²) in [6, 6.07) is 9.29. The molecule has 3 aromatic rings. The van der Waals surface area contributed by atoms with Crippen LogP contribution < -0.4 is 10.0 Å². The predicted molar refractivity (Wildman–Crippen MR) is 118 cm³/mol. The second-order valence-corrected chi connectivity index (χ2v) is 9.90. The topological polar surface area (TPSA) is 74.3 Å². The summed E-state index contributed by atoms with van der Waals surface area (Å²) in [6.45, 7) is 3.71. The molecule has 0 unspecified atom stereocenters. The number of likely N-dealkylation sites (tertiary alicyclic amines) is 1. The molecule has 2 heterocycles. The molecule has 164 valence electrons. The van der Waals surface area contributed by atoms with Crippen molar-refractivity contribution in [3.63, 3.8) is 0 Å². The molecule has 0 spiro atoms. The molecule has 0 amide bonds. The van der Waals surface area contributed by atoms with Crippen LogP contribution in [0.15, 0.2) is 52.2 Å². The molecule has 31 heavy (non-hydrogen) atoms. The summed E-state index contributed by atoms with van der Waals surface area (Å²) in [7, 11) is -4.08. The fourth-order valence-corrected chi connectivity index (χ4v) is 5.36. The standard InChI is InChI=1S/C21H22F2N4O2S2/c1-14-8-20(31(28,29)26-21-12-30-13-24-21)18(23)9-19(14)25-16-6-7-27(11-16)10-15-4-2-3-5-17(15)22/h2-5,8-9,12-13,16,25-26H,6-7,10-11H2,1H3/t16-/m0/s1. The van der Waals surface area contributed by atoms with Crippen LogP contribution in [0.5, 0.6) is 0 Å². The van der Waals surface area contributed by atoms with Gasteiger partial charge in [-0.15, -0.1) is 11.3 Å². The minimum Gasteiger partial charge on any atom is -0.381 e. The monoisotopic (exact) mass is 464 g/mol. The lowest BCUT2D eigenvalue weighted by molar-refractivity contribution is 0.323. The van der Waals surface area contributed by atoms with E-state index in [1.54, 1.807) is 19.1 Å². The maximum atomic E-state index is 14.7. The van der Waals surface area contributed by atoms with Crippen molar-refractivity contribution in [2.45, 2.75) is 30.8 Å². The van der Waals surface area contributed by atoms with Crippen LogP contribution in [-0.2, 0) is 16.6 Å². The van der Waals surface area contributed by atoms with Gasteiger partial charge in [-0.05, 0) is 37.1 Å². The van der Waals surface area contributed by atoms with Gasteiger partial charge in [0.1, 0.15) is 16.5 Å². The van der Waals surface area contributed by atoms with Gasteiger partial charge in [0.2, 0.25) is 0 Å². The third-order valence-electron chi connectivity index (χ3n) is 5.22. The zero-order chi connectivity index (χ0) is 22.0. The molecule has 1 saturated heterocycles. The lowest BCUT2D eigenvalue weighted by Gasteiger charge is -2.19. The maximum Gasteiger partial charge on any atom is 0.266 e. The van der Waals surface area contributed by atoms with Crippen molar-refractivity contribution in [1.82, 2.24) is 9.88 Å². The molecule has 6 nitrogen and oxygen atoms in total. The molecule has 1 aliphatic heterocycles. The van der Waals surface area contributed by atoms with E-state index < -0.39 is 20.7 Å². The van der Waals surface area contributed by atoms with Gasteiger partial charge in [-0.2, -0.15) is 0 Å². The van der Waals surface area contributed by atoms with Gasteiger partial charge in [-0.1, -0.05) is 18.2 Å². The molecule has 1 atom stereocenters. The molecule has 1 fully saturated rings. The first kappa shape index (κ1) is 21.7. The number of thiazole rings is 1. The maximum absolute atomic E-state index is 14.7. The van der Waals surface area contributed by atoms with E-state index in [9.17, 15) is 17.2 Å². The highest BCUT2D eigenvalue weighted by Gasteiger charge is 2.25. The Kier molecular flexibility index (Phi) is 6.22. The highest BCUT2D eigenvalue weighted by Crippen LogP contribution is 2.27. The minimum absolute atomic E-state index is 0.0560. The third kappa shape index (κ3) is 5.03. The van der Waals surface area contributed by atoms with Crippen molar-refractivity contribution in [3.05, 3.63) is 70.1 Å². The van der Waals surface area contributed by atoms with Gasteiger partial charge in [0.05, 0.1) is 5.51 Å². The Bertz CT molecular complexity index is 1170. The van der Waals surface area contributed by atoms with E-state index in [0.29, 0.717) is 29.9 Å². The molecule has 1 aliphatic rings. The summed E-state index contributed by atoms with van der Waals surface area (Å²) in [6.07, 6.45) is 0.820. The summed E-state index contributed by atoms with van der Waals surface area (Å²) < 4.78 is 55.9. The number of rotatable bonds is 7. The van der Waals surface area contributed by atoms with Crippen LogP contribution in [0.4, 0.5) is 20.3 Å². The van der Waals surface area contributed by atoms with E-state index in [2.05, 4.69) is 19.9 Å². The van der Waals surface area contributed by atoms with Crippen molar-refractivity contribution >= 4 is 32.9 Å². The Morgan fingerprint density at radius 2 is 2.03 bits per heavy atom. The van der Waals surface area contributed by atoms with Gasteiger partial charge in [0.25, 0.3) is 10.0 Å². The molecule has 2 N–H and O–H groups in total. The zero-order valence-electron chi connectivity index (χ0n) is 16.8. The quantitative estimate of drug-likeness (QED) is 0.548. The van der Waals surface area contributed by atoms with Crippen molar-refractivity contribution in [1.29, 1.82) is 0 Å². The van der Waals surface area contributed by atoms with Crippen LogP contribution in [0.1, 0.15) is 17.5 Å². The smallest absolute Gasteiger partial charge is 0.266 e. The van der Waals surface area contributed by atoms with Crippen LogP contribution in [0.3, 0.4) is 0 Å². The summed E-state index contributed by atoms with van der Waals surface area (Å²) in [5, 5.41) is 4.84. The number of hydrogen-bond acceptors (Lipinski definition) is 6. The van der Waals surface area contributed by atoms with Crippen molar-refractivity contribution < 1.29 is 17.2 Å². The molecule has 0 bridgehead atoms. The van der Waals surface area contributed by atoms with Crippen LogP contribution in [-0.4, -0.2) is 37.4 Å². The molecule has 4 rings (SSSR count). The van der Waals surface area contributed by atoms with Crippen LogP contribution >= 0.6 is 11.3 Å². The summed E-state index contributed by atoms with van der Waals surface area (Å²) in [4.78, 5) is 5.59. The molecule has 0 saturated carbocycles. The normalized spacial score (nSPS) is 17.1. The minimum atomic E-state index is -4.08. The van der Waals surface area contributed by atoms with E-state index in [4.69, 9.17) is 0 Å². The van der Waals surface area contributed by atoms with Crippen LogP contribution in [0, 0.1) is 18.6 Å². The van der Waals surface area contributed by atoms with Crippen molar-refractivity contribution in [2.24, 2.45) is 0 Å². The van der Waals surface area contributed by atoms with Gasteiger partial charge in [-0.3, -0.25) is 9.62 Å². The number of aryl methyl sites for hydroxylation is 1. The molecule has 1 aromatic heterocycles. The largest absolute Gasteiger partial charge is 0.381 e. The Morgan fingerprint density at radius 1 is 1.23 bits per heavy atom. The average Bonchev–Trinajstić information content (AvgIpc) is 3.38. The van der Waals surface area contributed by atoms with Gasteiger partial charge < -0.3 is 5.32 Å². The fourth-order valence-electron chi connectivity index (χ4n) is 3.65. The van der Waals surface area contributed by atoms with E-state index in [1.165, 1.54) is 40.4 Å². The molecule has 2 aromatic carbocycles. The van der Waals surface area contributed by atoms with Crippen molar-refractivity contribution in [2.75, 3.05) is 23.1 Å². The SMILES string of the molecule is Cc1cc(S(=O)(=O)Nc2cscn2)c(F)cc1N[C@H]1CCN(Cc2ccccc2F)C1. The second-order valence-electron chi connectivity index (χ2n) is 7.53. The van der Waals surface area contributed by atoms with Crippen LogP contribution in [0.2, 0.25) is 0 Å². The number of anilines is 2. The number of nitrogens with one attached hydrogen (secondary N) is 2. The summed E-state index contributed by atoms with van der Waals surface area (Å²) in [5.41, 5.74) is 3.30. The van der Waals surface area contributed by atoms with Crippen molar-refractivity contribution in [3.8, 4) is 0 Å². The summed E-state index contributed by atoms with van der Waals surface area (Å²) in [5.74, 6) is -0.901. The van der Waals surface area contributed by atoms with E-state index in [0.717, 1.165) is 13.0 Å². The zero-order valence-corrected chi connectivity index (χ0v) is 18.4. The lowest BCUT2D eigenvalue weighted by atomic mass is 10.1. The Hall–Kier alpha value is -2.56. The summed E-state index contributed by atoms with van der Waals surface area (Å²) >= 11 is 1.24. The van der Waals surface area contributed by atoms with E-state index >= 15 is 0 Å². The molecular formula is C21H22F2N4O2S2. The highest BCUT2D eigenvalue weighted by atomic mass is 32.2. The first-order valence-corrected chi connectivity index (χ1v) is 12.2. The number of halogens is 2. The number of hydrogen-bond donors (Lipinski definition) is 2. The number of aromatic nitrogens is 1. The molecular weight excluding hydrogens is 442 g/mol. The number of benzene rings is 2. The van der Waals surface area contributed by atoms with Gasteiger partial charge >= 0.3 is 0 Å². The second kappa shape index (κ2) is 8.89. The lowest BCUT2D eigenvalue weighted by Crippen LogP contribution is -2.26. The number of nitrogens with zero attached hydrogens (tertiary/aromatic N) is 2. The first-order valence-electron chi connectivity index (χ1n) is 9.75. The molecule has 0 radical (unpaired) electrons. The molecule has 0 aliphatic carbocycles. The first-order chi connectivity index (χ1) is 14.8. The Labute approximate surface area is 184 Å². The van der Waals surface area contributed by atoms with Gasteiger partial charge in [-0.25, -0.2) is 22.2 Å². The molecule has 10 heteroatoms. The number of sulfonamides is 1. The van der Waals surface area contributed by atoms with E-state index in [-0.39, 0.29) is 17.7 Å². The Morgan fingerprint density at radius 3 is 2.77 bits per heavy atom. The average molecular weight is 465 g/mol. The van der Waals surface area contributed by atoms with Gasteiger partial charge in [0, 0.05) is 42.3 Å². The predicted octanol–water partition coefficient (Wildman–Crippen LogP) is 4.22. The highest BCUT2D eigenvalue weighted by molar-refractivity contribution is 7.92. The third-order valence-corrected chi connectivity index (χ3v) is 7.18. The van der Waals surface area contributed by atoms with Crippen LogP contribution in [0.25, 0.3) is 0 Å². The van der Waals surface area contributed by atoms with E-state index in [1.807, 2.05) is 6.07 Å².